The molecule has 1 unspecified atom stereocenters. The molecule has 1 aliphatic heterocycles. The zero-order chi connectivity index (χ0) is 15.7. The van der Waals surface area contributed by atoms with E-state index in [-0.39, 0.29) is 24.2 Å². The average Bonchev–Trinajstić information content (AvgIpc) is 2.78. The zero-order valence-electron chi connectivity index (χ0n) is 13.7. The molecule has 1 aliphatic rings. The number of aromatic nitrogens is 2. The Balaban J connectivity index is 0.00000192. The lowest BCUT2D eigenvalue weighted by atomic mass is 9.88. The second-order valence-corrected chi connectivity index (χ2v) is 6.05. The van der Waals surface area contributed by atoms with Crippen molar-refractivity contribution in [2.75, 3.05) is 18.4 Å². The minimum Gasteiger partial charge on any atom is -0.316 e. The van der Waals surface area contributed by atoms with Crippen LogP contribution in [0.3, 0.4) is 0 Å². The molecule has 5 nitrogen and oxygen atoms in total. The van der Waals surface area contributed by atoms with Crippen molar-refractivity contribution < 1.29 is 4.79 Å². The summed E-state index contributed by atoms with van der Waals surface area (Å²) in [6.07, 6.45) is 0. The smallest absolute Gasteiger partial charge is 0.228 e. The van der Waals surface area contributed by atoms with Gasteiger partial charge in [-0.15, -0.1) is 12.4 Å². The van der Waals surface area contributed by atoms with E-state index in [9.17, 15) is 4.79 Å². The third-order valence-electron chi connectivity index (χ3n) is 4.49. The van der Waals surface area contributed by atoms with E-state index in [0.717, 1.165) is 30.2 Å². The summed E-state index contributed by atoms with van der Waals surface area (Å²) < 4.78 is 1.73. The summed E-state index contributed by atoms with van der Waals surface area (Å²) in [5, 5.41) is 10.7. The molecule has 1 atom stereocenters. The fourth-order valence-corrected chi connectivity index (χ4v) is 2.69. The first-order chi connectivity index (χ1) is 10.6. The molecule has 23 heavy (non-hydrogen) atoms. The van der Waals surface area contributed by atoms with Crippen LogP contribution >= 0.6 is 12.4 Å². The zero-order valence-corrected chi connectivity index (χ0v) is 14.5. The Kier molecular flexibility index (Phi) is 5.44. The van der Waals surface area contributed by atoms with E-state index in [1.54, 1.807) is 4.68 Å². The highest BCUT2D eigenvalue weighted by atomic mass is 35.5. The molecule has 0 aliphatic carbocycles. The van der Waals surface area contributed by atoms with Crippen molar-refractivity contribution in [2.45, 2.75) is 13.8 Å². The van der Waals surface area contributed by atoms with Crippen LogP contribution < -0.4 is 10.6 Å². The van der Waals surface area contributed by atoms with Crippen molar-refractivity contribution >= 4 is 24.1 Å². The predicted molar refractivity (Wildman–Crippen MR) is 94.8 cm³/mol. The van der Waals surface area contributed by atoms with Crippen molar-refractivity contribution in [1.29, 1.82) is 0 Å². The fourth-order valence-electron chi connectivity index (χ4n) is 2.69. The number of aryl methyl sites for hydroxylation is 2. The number of anilines is 1. The quantitative estimate of drug-likeness (QED) is 0.903. The molecule has 2 heterocycles. The molecule has 0 spiro atoms. The standard InChI is InChI=1S/C17H22N4O.ClH/c1-11-6-4-5-7-14(11)15-8-16(21(3)20-15)19-17(22)12(2)13-9-18-10-13;/h4-8,12-13,18H,9-10H2,1-3H3,(H,19,22);1H. The van der Waals surface area contributed by atoms with Gasteiger partial charge in [0.25, 0.3) is 0 Å². The number of amides is 1. The van der Waals surface area contributed by atoms with Gasteiger partial charge < -0.3 is 10.6 Å². The minimum atomic E-state index is 0. The summed E-state index contributed by atoms with van der Waals surface area (Å²) in [4.78, 5) is 12.3. The van der Waals surface area contributed by atoms with E-state index in [1.165, 1.54) is 5.56 Å². The molecule has 6 heteroatoms. The van der Waals surface area contributed by atoms with Gasteiger partial charge in [-0.05, 0) is 31.5 Å². The molecule has 0 radical (unpaired) electrons. The summed E-state index contributed by atoms with van der Waals surface area (Å²) in [5.74, 6) is 1.25. The van der Waals surface area contributed by atoms with Gasteiger partial charge in [-0.1, -0.05) is 31.2 Å². The van der Waals surface area contributed by atoms with Crippen LogP contribution in [-0.2, 0) is 11.8 Å². The average molecular weight is 335 g/mol. The lowest BCUT2D eigenvalue weighted by molar-refractivity contribution is -0.121. The SMILES string of the molecule is Cc1ccccc1-c1cc(NC(=O)C(C)C2CNC2)n(C)n1.Cl. The molecule has 0 saturated carbocycles. The Bertz CT molecular complexity index is 694. The summed E-state index contributed by atoms with van der Waals surface area (Å²) >= 11 is 0. The summed E-state index contributed by atoms with van der Waals surface area (Å²) in [6.45, 7) is 5.90. The van der Waals surface area contributed by atoms with Crippen molar-refractivity contribution in [1.82, 2.24) is 15.1 Å². The first-order valence-corrected chi connectivity index (χ1v) is 7.68. The first-order valence-electron chi connectivity index (χ1n) is 7.68. The molecule has 124 valence electrons. The summed E-state index contributed by atoms with van der Waals surface area (Å²) in [6, 6.07) is 10.1. The Hall–Kier alpha value is -1.85. The number of benzene rings is 1. The van der Waals surface area contributed by atoms with Crippen LogP contribution in [0.2, 0.25) is 0 Å². The molecule has 2 aromatic rings. The maximum Gasteiger partial charge on any atom is 0.228 e. The van der Waals surface area contributed by atoms with Crippen molar-refractivity contribution in [3.8, 4) is 11.3 Å². The molecule has 0 bridgehead atoms. The number of nitrogens with zero attached hydrogens (tertiary/aromatic N) is 2. The number of halogens is 1. The van der Waals surface area contributed by atoms with Crippen LogP contribution in [-0.4, -0.2) is 28.8 Å². The maximum absolute atomic E-state index is 12.3. The normalized spacial score (nSPS) is 15.4. The predicted octanol–water partition coefficient (Wildman–Crippen LogP) is 2.61. The first kappa shape index (κ1) is 17.5. The summed E-state index contributed by atoms with van der Waals surface area (Å²) in [5.41, 5.74) is 3.15. The third-order valence-corrected chi connectivity index (χ3v) is 4.49. The van der Waals surface area contributed by atoms with E-state index < -0.39 is 0 Å². The van der Waals surface area contributed by atoms with Gasteiger partial charge in [0.05, 0.1) is 5.69 Å². The van der Waals surface area contributed by atoms with Crippen LogP contribution in [0.1, 0.15) is 12.5 Å². The lowest BCUT2D eigenvalue weighted by Crippen LogP contribution is -2.48. The van der Waals surface area contributed by atoms with Gasteiger partial charge in [0.1, 0.15) is 5.82 Å². The lowest BCUT2D eigenvalue weighted by Gasteiger charge is -2.31. The maximum atomic E-state index is 12.3. The molecule has 1 fully saturated rings. The molecule has 2 N–H and O–H groups in total. The van der Waals surface area contributed by atoms with Gasteiger partial charge in [0.15, 0.2) is 0 Å². The Morgan fingerprint density at radius 2 is 2.09 bits per heavy atom. The second-order valence-electron chi connectivity index (χ2n) is 6.05. The topological polar surface area (TPSA) is 59.0 Å². The van der Waals surface area contributed by atoms with E-state index >= 15 is 0 Å². The van der Waals surface area contributed by atoms with E-state index in [4.69, 9.17) is 0 Å². The Morgan fingerprint density at radius 3 is 2.70 bits per heavy atom. The molecular weight excluding hydrogens is 312 g/mol. The Labute approximate surface area is 142 Å². The van der Waals surface area contributed by atoms with Crippen molar-refractivity contribution in [3.63, 3.8) is 0 Å². The number of carbonyl (C=O) groups excluding carboxylic acids is 1. The molecule has 1 aromatic carbocycles. The molecule has 1 amide bonds. The monoisotopic (exact) mass is 334 g/mol. The van der Waals surface area contributed by atoms with E-state index in [2.05, 4.69) is 28.7 Å². The highest BCUT2D eigenvalue weighted by molar-refractivity contribution is 5.92. The van der Waals surface area contributed by atoms with Crippen LogP contribution in [0.15, 0.2) is 30.3 Å². The van der Waals surface area contributed by atoms with Crippen LogP contribution in [0.25, 0.3) is 11.3 Å². The highest BCUT2D eigenvalue weighted by Gasteiger charge is 2.29. The minimum absolute atomic E-state index is 0. The van der Waals surface area contributed by atoms with Crippen LogP contribution in [0.5, 0.6) is 0 Å². The fraction of sp³-hybridized carbons (Fsp3) is 0.412. The third kappa shape index (κ3) is 3.57. The number of carbonyl (C=O) groups is 1. The molecule has 1 saturated heterocycles. The van der Waals surface area contributed by atoms with Crippen molar-refractivity contribution in [3.05, 3.63) is 35.9 Å². The van der Waals surface area contributed by atoms with Gasteiger partial charge in [0, 0.05) is 24.6 Å². The van der Waals surface area contributed by atoms with Gasteiger partial charge in [-0.2, -0.15) is 5.10 Å². The van der Waals surface area contributed by atoms with Crippen LogP contribution in [0, 0.1) is 18.8 Å². The number of hydrogen-bond donors (Lipinski definition) is 2. The molecular formula is C17H23ClN4O. The summed E-state index contributed by atoms with van der Waals surface area (Å²) in [7, 11) is 1.85. The van der Waals surface area contributed by atoms with Gasteiger partial charge in [-0.25, -0.2) is 0 Å². The Morgan fingerprint density at radius 1 is 1.39 bits per heavy atom. The number of rotatable bonds is 4. The largest absolute Gasteiger partial charge is 0.316 e. The molecule has 3 rings (SSSR count). The number of hydrogen-bond acceptors (Lipinski definition) is 3. The van der Waals surface area contributed by atoms with Crippen molar-refractivity contribution in [2.24, 2.45) is 18.9 Å². The molecule has 1 aromatic heterocycles. The van der Waals surface area contributed by atoms with E-state index in [0.29, 0.717) is 5.92 Å². The van der Waals surface area contributed by atoms with Gasteiger partial charge >= 0.3 is 0 Å². The second kappa shape index (κ2) is 7.15. The van der Waals surface area contributed by atoms with Gasteiger partial charge in [0.2, 0.25) is 5.91 Å². The highest BCUT2D eigenvalue weighted by Crippen LogP contribution is 2.25. The van der Waals surface area contributed by atoms with E-state index in [1.807, 2.05) is 38.2 Å². The van der Waals surface area contributed by atoms with Crippen LogP contribution in [0.4, 0.5) is 5.82 Å². The van der Waals surface area contributed by atoms with Gasteiger partial charge in [-0.3, -0.25) is 9.48 Å². The number of nitrogens with one attached hydrogen (secondary N) is 2.